The van der Waals surface area contributed by atoms with Crippen LogP contribution in [0.1, 0.15) is 20.8 Å². The molecule has 0 aromatic rings. The molecule has 2 unspecified atom stereocenters. The monoisotopic (exact) mass is 177 g/mol. The van der Waals surface area contributed by atoms with Crippen molar-refractivity contribution in [2.75, 3.05) is 0 Å². The van der Waals surface area contributed by atoms with E-state index in [4.69, 9.17) is 4.74 Å². The lowest BCUT2D eigenvalue weighted by Crippen LogP contribution is -2.26. The fourth-order valence-electron chi connectivity index (χ4n) is 1.45. The number of hydrogen-bond acceptors (Lipinski definition) is 2. The van der Waals surface area contributed by atoms with Crippen molar-refractivity contribution in [1.82, 2.24) is 0 Å². The van der Waals surface area contributed by atoms with Crippen LogP contribution < -0.4 is 0 Å². The zero-order valence-corrected chi connectivity index (χ0v) is 8.32. The van der Waals surface area contributed by atoms with Gasteiger partial charge >= 0.3 is 0 Å². The highest BCUT2D eigenvalue weighted by molar-refractivity contribution is 6.02. The van der Waals surface area contributed by atoms with Crippen molar-refractivity contribution < 1.29 is 4.74 Å². The normalized spacial score (nSPS) is 31.8. The molecule has 1 aliphatic heterocycles. The average Bonchev–Trinajstić information content (AvgIpc) is 2.45. The molecule has 0 bridgehead atoms. The van der Waals surface area contributed by atoms with Gasteiger partial charge in [0.15, 0.2) is 6.23 Å². The Bertz CT molecular complexity index is 294. The summed E-state index contributed by atoms with van der Waals surface area (Å²) in [5.74, 6) is 0. The molecular weight excluding hydrogens is 162 g/mol. The van der Waals surface area contributed by atoms with Crippen molar-refractivity contribution >= 4 is 5.71 Å². The molecule has 0 spiro atoms. The van der Waals surface area contributed by atoms with Gasteiger partial charge < -0.3 is 4.74 Å². The highest BCUT2D eigenvalue weighted by Gasteiger charge is 2.34. The minimum Gasteiger partial charge on any atom is -0.342 e. The van der Waals surface area contributed by atoms with Crippen LogP contribution in [0.4, 0.5) is 0 Å². The molecule has 0 aromatic heterocycles. The Morgan fingerprint density at radius 2 is 2.08 bits per heavy atom. The lowest BCUT2D eigenvalue weighted by atomic mass is 9.95. The van der Waals surface area contributed by atoms with Crippen molar-refractivity contribution in [3.8, 4) is 0 Å². The van der Waals surface area contributed by atoms with Gasteiger partial charge in [-0.1, -0.05) is 32.9 Å². The third kappa shape index (κ3) is 1.59. The van der Waals surface area contributed by atoms with Gasteiger partial charge in [-0.3, -0.25) is 4.99 Å². The topological polar surface area (TPSA) is 21.6 Å². The summed E-state index contributed by atoms with van der Waals surface area (Å²) >= 11 is 0. The van der Waals surface area contributed by atoms with Crippen LogP contribution in [0.2, 0.25) is 0 Å². The molecule has 2 atom stereocenters. The van der Waals surface area contributed by atoms with E-state index in [1.165, 1.54) is 0 Å². The second-order valence-electron chi connectivity index (χ2n) is 4.57. The van der Waals surface area contributed by atoms with Gasteiger partial charge in [-0.05, 0) is 12.2 Å². The number of rotatable bonds is 0. The first-order valence-electron chi connectivity index (χ1n) is 4.65. The van der Waals surface area contributed by atoms with Crippen molar-refractivity contribution in [1.29, 1.82) is 0 Å². The van der Waals surface area contributed by atoms with Gasteiger partial charge in [-0.2, -0.15) is 0 Å². The Balaban J connectivity index is 2.21. The van der Waals surface area contributed by atoms with Crippen molar-refractivity contribution in [2.24, 2.45) is 10.4 Å². The third-order valence-electron chi connectivity index (χ3n) is 2.24. The Morgan fingerprint density at radius 3 is 2.69 bits per heavy atom. The molecule has 0 aromatic carbocycles. The minimum atomic E-state index is -0.0000926. The van der Waals surface area contributed by atoms with Crippen LogP contribution in [0.3, 0.4) is 0 Å². The smallest absolute Gasteiger partial charge is 0.154 e. The molecule has 0 fully saturated rings. The molecule has 0 saturated heterocycles. The number of nitrogens with zero attached hydrogens (tertiary/aromatic N) is 1. The molecular formula is C11H15NO. The maximum atomic E-state index is 5.79. The predicted molar refractivity (Wildman–Crippen MR) is 53.8 cm³/mol. The molecule has 13 heavy (non-hydrogen) atoms. The van der Waals surface area contributed by atoms with E-state index in [1.54, 1.807) is 0 Å². The van der Waals surface area contributed by atoms with Gasteiger partial charge in [0.25, 0.3) is 0 Å². The summed E-state index contributed by atoms with van der Waals surface area (Å²) in [6, 6.07) is 0. The highest BCUT2D eigenvalue weighted by atomic mass is 16.5. The van der Waals surface area contributed by atoms with E-state index in [1.807, 2.05) is 24.3 Å². The van der Waals surface area contributed by atoms with E-state index in [9.17, 15) is 0 Å². The van der Waals surface area contributed by atoms with Crippen LogP contribution in [-0.4, -0.2) is 18.0 Å². The molecule has 0 N–H and O–H groups in total. The first-order valence-corrected chi connectivity index (χ1v) is 4.65. The van der Waals surface area contributed by atoms with Crippen LogP contribution >= 0.6 is 0 Å². The van der Waals surface area contributed by atoms with Gasteiger partial charge in [-0.25, -0.2) is 0 Å². The molecule has 2 aliphatic rings. The lowest BCUT2D eigenvalue weighted by molar-refractivity contribution is 0.000625. The summed E-state index contributed by atoms with van der Waals surface area (Å²) in [6.07, 6.45) is 8.17. The van der Waals surface area contributed by atoms with Crippen LogP contribution in [-0.2, 0) is 4.74 Å². The molecule has 0 radical (unpaired) electrons. The second-order valence-corrected chi connectivity index (χ2v) is 4.57. The number of allylic oxidation sites excluding steroid dienone is 2. The lowest BCUT2D eigenvalue weighted by Gasteiger charge is -2.24. The summed E-state index contributed by atoms with van der Waals surface area (Å²) in [7, 11) is 0. The molecule has 2 heteroatoms. The molecule has 1 aliphatic carbocycles. The van der Waals surface area contributed by atoms with Crippen LogP contribution in [0, 0.1) is 5.41 Å². The average molecular weight is 177 g/mol. The summed E-state index contributed by atoms with van der Waals surface area (Å²) in [4.78, 5) is 4.54. The van der Waals surface area contributed by atoms with Crippen molar-refractivity contribution in [2.45, 2.75) is 33.1 Å². The molecule has 70 valence electrons. The van der Waals surface area contributed by atoms with Crippen molar-refractivity contribution in [3.05, 3.63) is 24.3 Å². The largest absolute Gasteiger partial charge is 0.342 e. The Morgan fingerprint density at radius 1 is 1.31 bits per heavy atom. The molecule has 2 nitrogen and oxygen atoms in total. The molecule has 1 heterocycles. The fourth-order valence-corrected chi connectivity index (χ4v) is 1.45. The van der Waals surface area contributed by atoms with Crippen LogP contribution in [0.5, 0.6) is 0 Å². The third-order valence-corrected chi connectivity index (χ3v) is 2.24. The van der Waals surface area contributed by atoms with Crippen LogP contribution in [0.25, 0.3) is 0 Å². The first kappa shape index (κ1) is 8.70. The molecule has 2 rings (SSSR count). The quantitative estimate of drug-likeness (QED) is 0.556. The number of ether oxygens (including phenoxy) is 1. The number of aliphatic imine (C=N–C) groups is 1. The van der Waals surface area contributed by atoms with E-state index in [2.05, 4.69) is 25.8 Å². The van der Waals surface area contributed by atoms with Gasteiger partial charge in [0.1, 0.15) is 6.10 Å². The summed E-state index contributed by atoms with van der Waals surface area (Å²) in [5, 5.41) is 0. The van der Waals surface area contributed by atoms with Gasteiger partial charge in [0.2, 0.25) is 0 Å². The second kappa shape index (κ2) is 2.81. The SMILES string of the molecule is CC(C)(C)C1N=C2C=CC=CC2O1. The molecule has 0 saturated carbocycles. The van der Waals surface area contributed by atoms with E-state index in [-0.39, 0.29) is 17.7 Å². The van der Waals surface area contributed by atoms with Gasteiger partial charge in [-0.15, -0.1) is 0 Å². The number of hydrogen-bond donors (Lipinski definition) is 0. The highest BCUT2D eigenvalue weighted by Crippen LogP contribution is 2.30. The molecule has 0 amide bonds. The van der Waals surface area contributed by atoms with Crippen LogP contribution in [0.15, 0.2) is 29.3 Å². The van der Waals surface area contributed by atoms with E-state index in [0.29, 0.717) is 0 Å². The summed E-state index contributed by atoms with van der Waals surface area (Å²) in [5.41, 5.74) is 1.15. The maximum absolute atomic E-state index is 5.79. The Kier molecular flexibility index (Phi) is 1.88. The fraction of sp³-hybridized carbons (Fsp3) is 0.545. The standard InChI is InChI=1S/C11H15NO/c1-11(2,3)10-12-8-6-4-5-7-9(8)13-10/h4-7,9-10H,1-3H3. The zero-order chi connectivity index (χ0) is 9.47. The minimum absolute atomic E-state index is 0.0000926. The van der Waals surface area contributed by atoms with Crippen molar-refractivity contribution in [3.63, 3.8) is 0 Å². The Labute approximate surface area is 79.0 Å². The maximum Gasteiger partial charge on any atom is 0.154 e. The van der Waals surface area contributed by atoms with Gasteiger partial charge in [0, 0.05) is 5.41 Å². The Hall–Kier alpha value is -0.890. The first-order chi connectivity index (χ1) is 6.07. The zero-order valence-electron chi connectivity index (χ0n) is 8.32. The van der Waals surface area contributed by atoms with E-state index < -0.39 is 0 Å². The summed E-state index contributed by atoms with van der Waals surface area (Å²) in [6.45, 7) is 6.44. The summed E-state index contributed by atoms with van der Waals surface area (Å²) < 4.78 is 5.79. The predicted octanol–water partition coefficient (Wildman–Crippen LogP) is 2.32. The van der Waals surface area contributed by atoms with E-state index in [0.717, 1.165) is 5.71 Å². The van der Waals surface area contributed by atoms with E-state index >= 15 is 0 Å². The number of fused-ring (bicyclic) bond motifs is 1. The van der Waals surface area contributed by atoms with Gasteiger partial charge in [0.05, 0.1) is 5.71 Å².